The average Bonchev–Trinajstić information content (AvgIpc) is 2.89. The summed E-state index contributed by atoms with van der Waals surface area (Å²) >= 11 is 6.10. The number of methoxy groups -OCH3 is 1. The van der Waals surface area contributed by atoms with Crippen molar-refractivity contribution in [2.24, 2.45) is 11.8 Å². The first-order valence-electron chi connectivity index (χ1n) is 13.7. The number of unbranched alkanes of at least 4 members (excludes halogenated alkanes) is 1. The van der Waals surface area contributed by atoms with Crippen LogP contribution in [0.2, 0.25) is 5.02 Å². The van der Waals surface area contributed by atoms with Crippen LogP contribution in [0.25, 0.3) is 0 Å². The minimum atomic E-state index is -1.41. The van der Waals surface area contributed by atoms with Crippen LogP contribution in [0.1, 0.15) is 76.2 Å². The highest BCUT2D eigenvalue weighted by molar-refractivity contribution is 6.30. The molecule has 1 aliphatic heterocycles. The van der Waals surface area contributed by atoms with Crippen molar-refractivity contribution in [3.63, 3.8) is 0 Å². The molecule has 6 nitrogen and oxygen atoms in total. The van der Waals surface area contributed by atoms with Crippen LogP contribution in [0.4, 0.5) is 9.18 Å². The number of hydrogen-bond acceptors (Lipinski definition) is 4. The van der Waals surface area contributed by atoms with Gasteiger partial charge in [0, 0.05) is 50.9 Å². The lowest BCUT2D eigenvalue weighted by molar-refractivity contribution is -0.0587. The van der Waals surface area contributed by atoms with Crippen LogP contribution < -0.4 is 10.6 Å². The number of rotatable bonds is 12. The number of nitrogens with one attached hydrogen (secondary N) is 2. The van der Waals surface area contributed by atoms with Gasteiger partial charge in [0.15, 0.2) is 0 Å². The zero-order chi connectivity index (χ0) is 26.0. The van der Waals surface area contributed by atoms with E-state index in [4.69, 9.17) is 16.3 Å². The van der Waals surface area contributed by atoms with Crippen LogP contribution in [0.3, 0.4) is 0 Å². The maximum Gasteiger partial charge on any atom is 0.317 e. The summed E-state index contributed by atoms with van der Waals surface area (Å²) in [5.74, 6) is -0.195. The Hall–Kier alpha value is -1.41. The summed E-state index contributed by atoms with van der Waals surface area (Å²) in [5, 5.41) is 18.5. The molecule has 2 amide bonds. The largest absolute Gasteiger partial charge is 0.385 e. The lowest BCUT2D eigenvalue weighted by atomic mass is 9.74. The minimum absolute atomic E-state index is 0.00541. The number of benzene rings is 1. The van der Waals surface area contributed by atoms with Crippen LogP contribution in [0.5, 0.6) is 0 Å². The van der Waals surface area contributed by atoms with E-state index in [-0.39, 0.29) is 28.6 Å². The van der Waals surface area contributed by atoms with Crippen LogP contribution >= 0.6 is 11.6 Å². The van der Waals surface area contributed by atoms with Gasteiger partial charge in [-0.15, -0.1) is 0 Å². The number of carbonyl (C=O) groups excluding carboxylic acids is 1. The number of piperidine rings is 1. The van der Waals surface area contributed by atoms with E-state index >= 15 is 4.39 Å². The second kappa shape index (κ2) is 14.5. The van der Waals surface area contributed by atoms with Gasteiger partial charge < -0.3 is 25.4 Å². The van der Waals surface area contributed by atoms with Gasteiger partial charge in [-0.25, -0.2) is 9.18 Å². The number of nitrogens with zero attached hydrogens (tertiary/aromatic N) is 1. The molecule has 2 aliphatic rings. The number of ether oxygens (including phenoxy) is 1. The van der Waals surface area contributed by atoms with E-state index in [9.17, 15) is 9.90 Å². The summed E-state index contributed by atoms with van der Waals surface area (Å²) in [7, 11) is 3.57. The third-order valence-corrected chi connectivity index (χ3v) is 8.37. The molecule has 8 heteroatoms. The van der Waals surface area contributed by atoms with Gasteiger partial charge in [-0.1, -0.05) is 55.8 Å². The third-order valence-electron chi connectivity index (χ3n) is 8.08. The van der Waals surface area contributed by atoms with Gasteiger partial charge in [-0.2, -0.15) is 0 Å². The normalized spacial score (nSPS) is 21.7. The number of halogens is 2. The van der Waals surface area contributed by atoms with Crippen LogP contribution in [-0.2, 0) is 10.3 Å². The number of amides is 2. The van der Waals surface area contributed by atoms with Crippen molar-refractivity contribution in [1.82, 2.24) is 15.5 Å². The summed E-state index contributed by atoms with van der Waals surface area (Å²) in [6, 6.07) is 4.79. The molecule has 0 aromatic heterocycles. The SMILES string of the molecule is CNCC(CC1CCCCC1)NC(=O)N1CCC[C@@H](C(O)(CCCCOC)c2cccc(Cl)c2F)C1. The van der Waals surface area contributed by atoms with E-state index in [1.165, 1.54) is 38.2 Å². The molecule has 3 rings (SSSR count). The van der Waals surface area contributed by atoms with Gasteiger partial charge in [0.1, 0.15) is 5.82 Å². The van der Waals surface area contributed by atoms with Crippen molar-refractivity contribution in [3.05, 3.63) is 34.6 Å². The molecule has 0 spiro atoms. The average molecular weight is 526 g/mol. The molecule has 0 radical (unpaired) electrons. The maximum atomic E-state index is 15.1. The zero-order valence-electron chi connectivity index (χ0n) is 22.0. The molecular weight excluding hydrogens is 481 g/mol. The van der Waals surface area contributed by atoms with Gasteiger partial charge in [0.05, 0.1) is 10.6 Å². The molecular formula is C28H45ClFN3O3. The Kier molecular flexibility index (Phi) is 11.7. The van der Waals surface area contributed by atoms with Crippen molar-refractivity contribution in [1.29, 1.82) is 0 Å². The minimum Gasteiger partial charge on any atom is -0.385 e. The molecule has 2 unspecified atom stereocenters. The predicted molar refractivity (Wildman–Crippen MR) is 143 cm³/mol. The van der Waals surface area contributed by atoms with Crippen molar-refractivity contribution in [2.75, 3.05) is 40.4 Å². The van der Waals surface area contributed by atoms with E-state index in [0.29, 0.717) is 38.5 Å². The van der Waals surface area contributed by atoms with Crippen LogP contribution in [-0.4, -0.2) is 62.5 Å². The van der Waals surface area contributed by atoms with Crippen molar-refractivity contribution in [2.45, 2.75) is 82.3 Å². The number of aliphatic hydroxyl groups is 1. The Labute approximate surface area is 221 Å². The highest BCUT2D eigenvalue weighted by Gasteiger charge is 2.43. The van der Waals surface area contributed by atoms with E-state index < -0.39 is 11.4 Å². The van der Waals surface area contributed by atoms with Gasteiger partial charge in [0.2, 0.25) is 0 Å². The lowest BCUT2D eigenvalue weighted by Crippen LogP contribution is -2.54. The summed E-state index contributed by atoms with van der Waals surface area (Å²) < 4.78 is 20.3. The second-order valence-corrected chi connectivity index (χ2v) is 11.1. The molecule has 0 bridgehead atoms. The van der Waals surface area contributed by atoms with E-state index in [1.807, 2.05) is 7.05 Å². The number of hydrogen-bond donors (Lipinski definition) is 3. The first-order valence-corrected chi connectivity index (χ1v) is 14.1. The fraction of sp³-hybridized carbons (Fsp3) is 0.750. The molecule has 3 atom stereocenters. The number of urea groups is 1. The molecule has 1 aliphatic carbocycles. The predicted octanol–water partition coefficient (Wildman–Crippen LogP) is 5.46. The fourth-order valence-corrected chi connectivity index (χ4v) is 6.29. The molecule has 1 aromatic rings. The van der Waals surface area contributed by atoms with Crippen molar-refractivity contribution in [3.8, 4) is 0 Å². The molecule has 1 heterocycles. The van der Waals surface area contributed by atoms with Crippen LogP contribution in [0, 0.1) is 17.7 Å². The molecule has 1 aromatic carbocycles. The highest BCUT2D eigenvalue weighted by Crippen LogP contribution is 2.42. The first-order chi connectivity index (χ1) is 17.4. The van der Waals surface area contributed by atoms with Crippen molar-refractivity contribution >= 4 is 17.6 Å². The summed E-state index contributed by atoms with van der Waals surface area (Å²) in [5.41, 5.74) is -1.18. The summed E-state index contributed by atoms with van der Waals surface area (Å²) in [4.78, 5) is 15.2. The van der Waals surface area contributed by atoms with Crippen molar-refractivity contribution < 1.29 is 19.0 Å². The molecule has 2 fully saturated rings. The zero-order valence-corrected chi connectivity index (χ0v) is 22.8. The number of carbonyl (C=O) groups is 1. The molecule has 1 saturated carbocycles. The Morgan fingerprint density at radius 3 is 2.75 bits per heavy atom. The monoisotopic (exact) mass is 525 g/mol. The summed E-state index contributed by atoms with van der Waals surface area (Å²) in [6.07, 6.45) is 10.7. The Morgan fingerprint density at radius 1 is 1.25 bits per heavy atom. The standard InChI is InChI=1S/C28H45ClFN3O3/c1-31-19-23(18-21-10-4-3-5-11-21)32-27(34)33-16-9-12-22(20-33)28(35,15-6-7-17-36-2)24-13-8-14-25(29)26(24)30/h8,13-14,21-23,31,35H,3-7,9-12,15-20H2,1-2H3,(H,32,34)/t22-,23?,28?/m1/s1. The fourth-order valence-electron chi connectivity index (χ4n) is 6.12. The highest BCUT2D eigenvalue weighted by atomic mass is 35.5. The van der Waals surface area contributed by atoms with E-state index in [1.54, 1.807) is 24.1 Å². The Bertz CT molecular complexity index is 823. The van der Waals surface area contributed by atoms with Gasteiger partial charge in [0.25, 0.3) is 0 Å². The topological polar surface area (TPSA) is 73.8 Å². The van der Waals surface area contributed by atoms with Crippen LogP contribution in [0.15, 0.2) is 18.2 Å². The molecule has 36 heavy (non-hydrogen) atoms. The quantitative estimate of drug-likeness (QED) is 0.317. The number of likely N-dealkylation sites (N-methyl/N-ethyl adjacent to an activating group) is 1. The molecule has 3 N–H and O–H groups in total. The van der Waals surface area contributed by atoms with E-state index in [0.717, 1.165) is 32.2 Å². The Morgan fingerprint density at radius 2 is 2.03 bits per heavy atom. The maximum absolute atomic E-state index is 15.1. The number of likely N-dealkylation sites (tertiary alicyclic amines) is 1. The third kappa shape index (κ3) is 7.80. The second-order valence-electron chi connectivity index (χ2n) is 10.7. The Balaban J connectivity index is 1.72. The molecule has 1 saturated heterocycles. The first kappa shape index (κ1) is 29.2. The molecule has 204 valence electrons. The lowest BCUT2D eigenvalue weighted by Gasteiger charge is -2.43. The van der Waals surface area contributed by atoms with Gasteiger partial charge in [-0.05, 0) is 57.6 Å². The van der Waals surface area contributed by atoms with E-state index in [2.05, 4.69) is 10.6 Å². The summed E-state index contributed by atoms with van der Waals surface area (Å²) in [6.45, 7) is 2.34. The van der Waals surface area contributed by atoms with Gasteiger partial charge >= 0.3 is 6.03 Å². The smallest absolute Gasteiger partial charge is 0.317 e. The van der Waals surface area contributed by atoms with Gasteiger partial charge in [-0.3, -0.25) is 0 Å².